The van der Waals surface area contributed by atoms with Crippen molar-refractivity contribution in [1.82, 2.24) is 14.5 Å². The summed E-state index contributed by atoms with van der Waals surface area (Å²) in [4.78, 5) is 22.1. The molecule has 0 bridgehead atoms. The second kappa shape index (κ2) is 4.80. The van der Waals surface area contributed by atoms with E-state index in [4.69, 9.17) is 23.2 Å². The molecule has 0 radical (unpaired) electrons. The summed E-state index contributed by atoms with van der Waals surface area (Å²) in [5.74, 6) is 0.854. The van der Waals surface area contributed by atoms with Gasteiger partial charge in [-0.2, -0.15) is 0 Å². The van der Waals surface area contributed by atoms with Gasteiger partial charge in [0.2, 0.25) is 0 Å². The van der Waals surface area contributed by atoms with Gasteiger partial charge in [-0.1, -0.05) is 34.5 Å². The molecular weight excluding hydrogens is 329 g/mol. The second-order valence-electron chi connectivity index (χ2n) is 4.92. The molecule has 3 heterocycles. The lowest BCUT2D eigenvalue weighted by molar-refractivity contribution is 0.718. The van der Waals surface area contributed by atoms with Crippen molar-refractivity contribution in [1.29, 1.82) is 0 Å². The Morgan fingerprint density at radius 1 is 1.14 bits per heavy atom. The predicted molar refractivity (Wildman–Crippen MR) is 85.5 cm³/mol. The van der Waals surface area contributed by atoms with Crippen molar-refractivity contribution < 1.29 is 0 Å². The summed E-state index contributed by atoms with van der Waals surface area (Å²) in [5, 5.41) is 1.80. The minimum atomic E-state index is -0.0527. The third-order valence-corrected chi connectivity index (χ3v) is 4.93. The fourth-order valence-electron chi connectivity index (χ4n) is 2.57. The lowest BCUT2D eigenvalue weighted by Gasteiger charge is -1.99. The van der Waals surface area contributed by atoms with Crippen molar-refractivity contribution in [3.8, 4) is 10.6 Å². The Kier molecular flexibility index (Phi) is 3.03. The Morgan fingerprint density at radius 2 is 1.90 bits per heavy atom. The number of fused-ring (bicyclic) bond motifs is 2. The fraction of sp³-hybridized carbons (Fsp3) is 0.214. The summed E-state index contributed by atoms with van der Waals surface area (Å²) in [6, 6.07) is 5.24. The minimum Gasteiger partial charge on any atom is -0.295 e. The van der Waals surface area contributed by atoms with Gasteiger partial charge < -0.3 is 0 Å². The molecule has 1 aliphatic heterocycles. The molecule has 0 aliphatic carbocycles. The predicted octanol–water partition coefficient (Wildman–Crippen LogP) is 3.77. The lowest BCUT2D eigenvalue weighted by atomic mass is 10.2. The monoisotopic (exact) mass is 337 g/mol. The van der Waals surface area contributed by atoms with Crippen LogP contribution in [0.25, 0.3) is 20.9 Å². The van der Waals surface area contributed by atoms with Crippen LogP contribution in [0.1, 0.15) is 12.2 Å². The number of nitrogens with zero attached hydrogens (tertiary/aromatic N) is 3. The number of aryl methyl sites for hydroxylation is 1. The highest BCUT2D eigenvalue weighted by molar-refractivity contribution is 7.21. The van der Waals surface area contributed by atoms with Crippen LogP contribution in [-0.4, -0.2) is 14.5 Å². The van der Waals surface area contributed by atoms with E-state index in [2.05, 4.69) is 9.97 Å². The Morgan fingerprint density at radius 3 is 2.67 bits per heavy atom. The number of thiazole rings is 1. The van der Waals surface area contributed by atoms with Gasteiger partial charge in [-0.3, -0.25) is 9.36 Å². The van der Waals surface area contributed by atoms with Gasteiger partial charge in [-0.25, -0.2) is 9.97 Å². The first-order chi connectivity index (χ1) is 10.1. The van der Waals surface area contributed by atoms with Crippen LogP contribution in [0.5, 0.6) is 0 Å². The maximum atomic E-state index is 12.4. The fourth-order valence-corrected chi connectivity index (χ4v) is 4.03. The summed E-state index contributed by atoms with van der Waals surface area (Å²) in [7, 11) is 0. The molecule has 0 amide bonds. The molecule has 7 heteroatoms. The molecule has 0 unspecified atom stereocenters. The molecule has 0 atom stereocenters. The maximum absolute atomic E-state index is 12.4. The third-order valence-electron chi connectivity index (χ3n) is 3.49. The van der Waals surface area contributed by atoms with Crippen LogP contribution in [0.4, 0.5) is 0 Å². The van der Waals surface area contributed by atoms with Crippen molar-refractivity contribution in [2.24, 2.45) is 0 Å². The topological polar surface area (TPSA) is 47.8 Å². The van der Waals surface area contributed by atoms with E-state index in [9.17, 15) is 4.79 Å². The van der Waals surface area contributed by atoms with Crippen molar-refractivity contribution in [2.75, 3.05) is 0 Å². The Bertz CT molecular complexity index is 912. The van der Waals surface area contributed by atoms with Crippen molar-refractivity contribution in [3.63, 3.8) is 0 Å². The number of rotatable bonds is 1. The molecule has 0 N–H and O–H groups in total. The molecule has 106 valence electrons. The molecule has 21 heavy (non-hydrogen) atoms. The minimum absolute atomic E-state index is 0.0527. The van der Waals surface area contributed by atoms with E-state index in [1.807, 2.05) is 0 Å². The van der Waals surface area contributed by atoms with E-state index < -0.39 is 0 Å². The van der Waals surface area contributed by atoms with Crippen LogP contribution in [0.3, 0.4) is 0 Å². The molecule has 0 spiro atoms. The zero-order valence-corrected chi connectivity index (χ0v) is 13.1. The standard InChI is InChI=1S/C14H9Cl2N3OS/c15-8-4-7(5-9(16)6-8)12-18-11-13(21-12)17-10-2-1-3-19(10)14(11)20/h4-6H,1-3H2. The van der Waals surface area contributed by atoms with Crippen LogP contribution in [0, 0.1) is 0 Å². The molecule has 2 aromatic heterocycles. The smallest absolute Gasteiger partial charge is 0.280 e. The first-order valence-electron chi connectivity index (χ1n) is 6.48. The van der Waals surface area contributed by atoms with E-state index in [0.29, 0.717) is 25.4 Å². The summed E-state index contributed by atoms with van der Waals surface area (Å²) < 4.78 is 1.72. The van der Waals surface area contributed by atoms with Crippen molar-refractivity contribution in [3.05, 3.63) is 44.4 Å². The van der Waals surface area contributed by atoms with Gasteiger partial charge in [0.1, 0.15) is 10.8 Å². The molecule has 1 aromatic carbocycles. The van der Waals surface area contributed by atoms with Crippen LogP contribution in [-0.2, 0) is 13.0 Å². The molecule has 4 rings (SSSR count). The number of aromatic nitrogens is 3. The van der Waals surface area contributed by atoms with Crippen LogP contribution >= 0.6 is 34.5 Å². The highest BCUT2D eigenvalue weighted by Gasteiger charge is 2.19. The van der Waals surface area contributed by atoms with Crippen LogP contribution in [0.15, 0.2) is 23.0 Å². The van der Waals surface area contributed by atoms with Gasteiger partial charge in [-0.05, 0) is 24.6 Å². The Labute approximate surface area is 134 Å². The second-order valence-corrected chi connectivity index (χ2v) is 6.77. The number of halogens is 2. The van der Waals surface area contributed by atoms with Crippen LogP contribution < -0.4 is 5.56 Å². The van der Waals surface area contributed by atoms with Crippen molar-refractivity contribution >= 4 is 44.9 Å². The number of benzene rings is 1. The maximum Gasteiger partial charge on any atom is 0.280 e. The van der Waals surface area contributed by atoms with Gasteiger partial charge in [0, 0.05) is 28.6 Å². The first kappa shape index (κ1) is 13.2. The van der Waals surface area contributed by atoms with Gasteiger partial charge in [0.15, 0.2) is 10.3 Å². The largest absolute Gasteiger partial charge is 0.295 e. The average molecular weight is 338 g/mol. The van der Waals surface area contributed by atoms with E-state index >= 15 is 0 Å². The molecule has 1 aliphatic rings. The van der Waals surface area contributed by atoms with Gasteiger partial charge in [0.25, 0.3) is 5.56 Å². The van der Waals surface area contributed by atoms with E-state index in [1.54, 1.807) is 22.8 Å². The van der Waals surface area contributed by atoms with Gasteiger partial charge >= 0.3 is 0 Å². The van der Waals surface area contributed by atoms with Gasteiger partial charge in [-0.15, -0.1) is 0 Å². The van der Waals surface area contributed by atoms with E-state index in [0.717, 1.165) is 30.8 Å². The quantitative estimate of drug-likeness (QED) is 0.679. The Hall–Kier alpha value is -1.43. The number of hydrogen-bond acceptors (Lipinski definition) is 4. The number of hydrogen-bond donors (Lipinski definition) is 0. The lowest BCUT2D eigenvalue weighted by Crippen LogP contribution is -2.20. The summed E-state index contributed by atoms with van der Waals surface area (Å²) in [5.41, 5.74) is 1.18. The average Bonchev–Trinajstić information content (AvgIpc) is 3.04. The molecule has 4 nitrogen and oxygen atoms in total. The molecule has 0 saturated heterocycles. The zero-order valence-electron chi connectivity index (χ0n) is 10.8. The summed E-state index contributed by atoms with van der Waals surface area (Å²) >= 11 is 13.4. The van der Waals surface area contributed by atoms with Gasteiger partial charge in [0.05, 0.1) is 0 Å². The normalized spacial score (nSPS) is 13.8. The first-order valence-corrected chi connectivity index (χ1v) is 8.06. The molecule has 0 saturated carbocycles. The zero-order chi connectivity index (χ0) is 14.6. The molecule has 3 aromatic rings. The molecule has 0 fully saturated rings. The Balaban J connectivity index is 1.96. The summed E-state index contributed by atoms with van der Waals surface area (Å²) in [6.45, 7) is 0.729. The third kappa shape index (κ3) is 2.16. The van der Waals surface area contributed by atoms with Crippen LogP contribution in [0.2, 0.25) is 10.0 Å². The highest BCUT2D eigenvalue weighted by Crippen LogP contribution is 2.32. The van der Waals surface area contributed by atoms with Crippen molar-refractivity contribution in [2.45, 2.75) is 19.4 Å². The summed E-state index contributed by atoms with van der Waals surface area (Å²) in [6.07, 6.45) is 1.82. The van der Waals surface area contributed by atoms with E-state index in [-0.39, 0.29) is 5.56 Å². The molecular formula is C14H9Cl2N3OS. The highest BCUT2D eigenvalue weighted by atomic mass is 35.5. The SMILES string of the molecule is O=c1c2nc(-c3cc(Cl)cc(Cl)c3)sc2nc2n1CCC2. The van der Waals surface area contributed by atoms with E-state index in [1.165, 1.54) is 11.3 Å².